The van der Waals surface area contributed by atoms with Gasteiger partial charge in [0, 0.05) is 18.4 Å². The van der Waals surface area contributed by atoms with Crippen LogP contribution >= 0.6 is 15.9 Å². The lowest BCUT2D eigenvalue weighted by Gasteiger charge is -2.05. The van der Waals surface area contributed by atoms with Crippen molar-refractivity contribution in [2.75, 3.05) is 6.61 Å². The first kappa shape index (κ1) is 14.9. The van der Waals surface area contributed by atoms with Crippen LogP contribution in [0.15, 0.2) is 34.9 Å². The number of rotatable bonds is 6. The van der Waals surface area contributed by atoms with Gasteiger partial charge in [0.05, 0.1) is 10.2 Å². The first-order valence-corrected chi connectivity index (χ1v) is 7.14. The Kier molecular flexibility index (Phi) is 5.09. The summed E-state index contributed by atoms with van der Waals surface area (Å²) in [5, 5.41) is 0. The van der Waals surface area contributed by atoms with Crippen LogP contribution in [0.2, 0.25) is 0 Å². The van der Waals surface area contributed by atoms with Gasteiger partial charge in [0.25, 0.3) is 0 Å². The van der Waals surface area contributed by atoms with E-state index in [-0.39, 0.29) is 5.82 Å². The molecule has 20 heavy (non-hydrogen) atoms. The summed E-state index contributed by atoms with van der Waals surface area (Å²) in [4.78, 5) is 11.2. The minimum atomic E-state index is -0.286. The molecule has 0 aliphatic rings. The summed E-state index contributed by atoms with van der Waals surface area (Å²) in [5.41, 5.74) is 2.20. The second-order valence-corrected chi connectivity index (χ2v) is 5.17. The second kappa shape index (κ2) is 6.81. The van der Waals surface area contributed by atoms with Crippen LogP contribution in [0.25, 0.3) is 11.1 Å². The smallest absolute Gasteiger partial charge is 0.167 e. The van der Waals surface area contributed by atoms with Crippen LogP contribution in [0.4, 0.5) is 4.39 Å². The number of carbonyl (C=O) groups is 1. The van der Waals surface area contributed by atoms with Crippen molar-refractivity contribution in [3.8, 4) is 11.1 Å². The monoisotopic (exact) mass is 339 g/mol. The van der Waals surface area contributed by atoms with E-state index in [2.05, 4.69) is 15.9 Å². The van der Waals surface area contributed by atoms with Crippen LogP contribution in [-0.4, -0.2) is 17.5 Å². The van der Waals surface area contributed by atoms with E-state index in [0.717, 1.165) is 23.8 Å². The van der Waals surface area contributed by atoms with Crippen molar-refractivity contribution in [3.05, 3.63) is 46.4 Å². The van der Waals surface area contributed by atoms with Crippen molar-refractivity contribution in [2.45, 2.75) is 20.1 Å². The highest BCUT2D eigenvalue weighted by atomic mass is 79.9. The predicted octanol–water partition coefficient (Wildman–Crippen LogP) is 4.25. The quantitative estimate of drug-likeness (QED) is 0.581. The number of nitrogens with zero attached hydrogens (tertiary/aromatic N) is 1. The van der Waals surface area contributed by atoms with E-state index in [9.17, 15) is 9.18 Å². The molecular formula is C15H15BrFNO2. The molecule has 0 aliphatic heterocycles. The Hall–Kier alpha value is -1.46. The summed E-state index contributed by atoms with van der Waals surface area (Å²) in [5.74, 6) is -0.286. The zero-order valence-corrected chi connectivity index (χ0v) is 12.7. The Morgan fingerprint density at radius 2 is 2.05 bits per heavy atom. The molecule has 0 saturated heterocycles. The van der Waals surface area contributed by atoms with Crippen molar-refractivity contribution < 1.29 is 13.9 Å². The Morgan fingerprint density at radius 1 is 1.35 bits per heavy atom. The molecule has 1 aromatic carbocycles. The summed E-state index contributed by atoms with van der Waals surface area (Å²) < 4.78 is 20.9. The maximum Gasteiger partial charge on any atom is 0.167 e. The van der Waals surface area contributed by atoms with Gasteiger partial charge in [-0.25, -0.2) is 4.39 Å². The largest absolute Gasteiger partial charge is 0.361 e. The van der Waals surface area contributed by atoms with Crippen LogP contribution in [0.5, 0.6) is 0 Å². The van der Waals surface area contributed by atoms with E-state index < -0.39 is 0 Å². The Bertz CT molecular complexity index is 593. The molecule has 2 aromatic rings. The average molecular weight is 340 g/mol. The van der Waals surface area contributed by atoms with Crippen molar-refractivity contribution >= 4 is 22.2 Å². The topological polar surface area (TPSA) is 31.2 Å². The van der Waals surface area contributed by atoms with Gasteiger partial charge in [-0.15, -0.1) is 0 Å². The third-order valence-electron chi connectivity index (χ3n) is 2.90. The van der Waals surface area contributed by atoms with Gasteiger partial charge in [0.1, 0.15) is 12.5 Å². The number of ether oxygens (including phenoxy) is 1. The molecule has 0 unspecified atom stereocenters. The fraction of sp³-hybridized carbons (Fsp3) is 0.267. The standard InChI is InChI=1S/C15H15BrFNO2/c1-2-7-20-10-18-8-13(15(16)14(18)9-19)11-3-5-12(17)6-4-11/h3-6,8-9H,2,7,10H2,1H3. The molecule has 0 saturated carbocycles. The molecule has 0 N–H and O–H groups in total. The molecule has 3 nitrogen and oxygen atoms in total. The van der Waals surface area contributed by atoms with Gasteiger partial charge in [0.15, 0.2) is 6.29 Å². The van der Waals surface area contributed by atoms with Gasteiger partial charge in [-0.2, -0.15) is 0 Å². The Labute approximate surface area is 125 Å². The van der Waals surface area contributed by atoms with E-state index >= 15 is 0 Å². The van der Waals surface area contributed by atoms with Crippen LogP contribution < -0.4 is 0 Å². The zero-order valence-electron chi connectivity index (χ0n) is 11.1. The second-order valence-electron chi connectivity index (χ2n) is 4.37. The average Bonchev–Trinajstić information content (AvgIpc) is 2.76. The molecule has 2 rings (SSSR count). The van der Waals surface area contributed by atoms with Gasteiger partial charge < -0.3 is 9.30 Å². The molecule has 0 aliphatic carbocycles. The number of hydrogen-bond acceptors (Lipinski definition) is 2. The molecule has 106 valence electrons. The van der Waals surface area contributed by atoms with Crippen LogP contribution in [0.1, 0.15) is 23.8 Å². The highest BCUT2D eigenvalue weighted by Crippen LogP contribution is 2.32. The van der Waals surface area contributed by atoms with E-state index in [0.29, 0.717) is 23.5 Å². The molecule has 0 atom stereocenters. The van der Waals surface area contributed by atoms with Crippen molar-refractivity contribution in [3.63, 3.8) is 0 Å². The minimum Gasteiger partial charge on any atom is -0.361 e. The lowest BCUT2D eigenvalue weighted by atomic mass is 10.1. The maximum absolute atomic E-state index is 13.0. The van der Waals surface area contributed by atoms with Crippen LogP contribution in [0, 0.1) is 5.82 Å². The van der Waals surface area contributed by atoms with Gasteiger partial charge in [-0.3, -0.25) is 4.79 Å². The van der Waals surface area contributed by atoms with E-state index in [1.807, 2.05) is 13.1 Å². The highest BCUT2D eigenvalue weighted by molar-refractivity contribution is 9.10. The number of aromatic nitrogens is 1. The predicted molar refractivity (Wildman–Crippen MR) is 79.2 cm³/mol. The lowest BCUT2D eigenvalue weighted by molar-refractivity contribution is 0.0750. The number of aldehydes is 1. The van der Waals surface area contributed by atoms with Gasteiger partial charge in [-0.05, 0) is 40.0 Å². The molecule has 1 aromatic heterocycles. The summed E-state index contributed by atoms with van der Waals surface area (Å²) in [6.45, 7) is 2.98. The summed E-state index contributed by atoms with van der Waals surface area (Å²) in [6, 6.07) is 6.16. The third kappa shape index (κ3) is 3.16. The number of carbonyl (C=O) groups excluding carboxylic acids is 1. The molecule has 0 spiro atoms. The fourth-order valence-electron chi connectivity index (χ4n) is 1.91. The molecule has 0 bridgehead atoms. The van der Waals surface area contributed by atoms with Crippen molar-refractivity contribution in [1.29, 1.82) is 0 Å². The lowest BCUT2D eigenvalue weighted by Crippen LogP contribution is -2.05. The zero-order chi connectivity index (χ0) is 14.5. The number of halogens is 2. The molecule has 0 radical (unpaired) electrons. The fourth-order valence-corrected chi connectivity index (χ4v) is 2.56. The Morgan fingerprint density at radius 3 is 2.65 bits per heavy atom. The molecule has 5 heteroatoms. The Balaban J connectivity index is 2.34. The van der Waals surface area contributed by atoms with Gasteiger partial charge in [-0.1, -0.05) is 19.1 Å². The van der Waals surface area contributed by atoms with Crippen LogP contribution in [-0.2, 0) is 11.5 Å². The van der Waals surface area contributed by atoms with Crippen LogP contribution in [0.3, 0.4) is 0 Å². The van der Waals surface area contributed by atoms with E-state index in [4.69, 9.17) is 4.74 Å². The molecular weight excluding hydrogens is 325 g/mol. The molecule has 1 heterocycles. The molecule has 0 amide bonds. The number of hydrogen-bond donors (Lipinski definition) is 0. The van der Waals surface area contributed by atoms with Gasteiger partial charge >= 0.3 is 0 Å². The SMILES string of the molecule is CCCOCn1cc(-c2ccc(F)cc2)c(Br)c1C=O. The summed E-state index contributed by atoms with van der Waals surface area (Å²) in [6.07, 6.45) is 3.53. The van der Waals surface area contributed by atoms with E-state index in [1.54, 1.807) is 16.7 Å². The van der Waals surface area contributed by atoms with Crippen molar-refractivity contribution in [2.24, 2.45) is 0 Å². The first-order chi connectivity index (χ1) is 9.67. The minimum absolute atomic E-state index is 0.286. The normalized spacial score (nSPS) is 10.8. The first-order valence-electron chi connectivity index (χ1n) is 6.34. The summed E-state index contributed by atoms with van der Waals surface area (Å²) in [7, 11) is 0. The summed E-state index contributed by atoms with van der Waals surface area (Å²) >= 11 is 3.43. The van der Waals surface area contributed by atoms with E-state index in [1.165, 1.54) is 12.1 Å². The van der Waals surface area contributed by atoms with Gasteiger partial charge in [0.2, 0.25) is 0 Å². The molecule has 0 fully saturated rings. The number of benzene rings is 1. The maximum atomic E-state index is 13.0. The van der Waals surface area contributed by atoms with Crippen molar-refractivity contribution in [1.82, 2.24) is 4.57 Å². The highest BCUT2D eigenvalue weighted by Gasteiger charge is 2.14. The third-order valence-corrected chi connectivity index (χ3v) is 3.73.